The Bertz CT molecular complexity index is 1230. The Morgan fingerprint density at radius 1 is 1.23 bits per heavy atom. The summed E-state index contributed by atoms with van der Waals surface area (Å²) in [5.41, 5.74) is 3.27. The van der Waals surface area contributed by atoms with Crippen molar-refractivity contribution in [2.45, 2.75) is 24.5 Å². The predicted molar refractivity (Wildman–Crippen MR) is 123 cm³/mol. The number of benzene rings is 2. The maximum Gasteiger partial charge on any atom is 0.180 e. The number of sulfone groups is 1. The number of fused-ring (bicyclic) bond motifs is 2. The summed E-state index contributed by atoms with van der Waals surface area (Å²) in [5, 5.41) is 23.4. The molecule has 0 amide bonds. The molecule has 1 aliphatic heterocycles. The molecule has 31 heavy (non-hydrogen) atoms. The van der Waals surface area contributed by atoms with E-state index in [-0.39, 0.29) is 30.3 Å². The van der Waals surface area contributed by atoms with E-state index in [1.165, 1.54) is 6.07 Å². The van der Waals surface area contributed by atoms with Gasteiger partial charge in [-0.05, 0) is 36.8 Å². The van der Waals surface area contributed by atoms with Gasteiger partial charge in [-0.3, -0.25) is 0 Å². The summed E-state index contributed by atoms with van der Waals surface area (Å²) in [4.78, 5) is 6.98. The van der Waals surface area contributed by atoms with Gasteiger partial charge in [0.05, 0.1) is 28.9 Å². The summed E-state index contributed by atoms with van der Waals surface area (Å²) >= 11 is 6.04. The van der Waals surface area contributed by atoms with E-state index in [0.29, 0.717) is 22.9 Å². The van der Waals surface area contributed by atoms with E-state index in [9.17, 15) is 13.5 Å². The molecule has 0 spiro atoms. The van der Waals surface area contributed by atoms with Crippen LogP contribution in [-0.4, -0.2) is 55.2 Å². The molecule has 1 unspecified atom stereocenters. The minimum absolute atomic E-state index is 0.0417. The lowest BCUT2D eigenvalue weighted by Gasteiger charge is -2.23. The Balaban J connectivity index is 1.77. The SMILES string of the molecule is Cc1ccc2nc(N3CCS(=O)(=O)c4cc(Cl)ccc4C3)cc(NCC(O)CO)c2c1. The normalized spacial score (nSPS) is 16.6. The maximum absolute atomic E-state index is 12.8. The Morgan fingerprint density at radius 2 is 2.03 bits per heavy atom. The molecule has 164 valence electrons. The van der Waals surface area contributed by atoms with Crippen molar-refractivity contribution in [3.63, 3.8) is 0 Å². The zero-order valence-electron chi connectivity index (χ0n) is 17.0. The minimum atomic E-state index is -3.46. The summed E-state index contributed by atoms with van der Waals surface area (Å²) < 4.78 is 25.6. The molecule has 0 saturated heterocycles. The number of aromatic nitrogens is 1. The topological polar surface area (TPSA) is 103 Å². The first-order valence-corrected chi connectivity index (χ1v) is 12.0. The fourth-order valence-corrected chi connectivity index (χ4v) is 5.45. The van der Waals surface area contributed by atoms with Crippen LogP contribution < -0.4 is 10.2 Å². The van der Waals surface area contributed by atoms with Gasteiger partial charge >= 0.3 is 0 Å². The molecule has 0 fully saturated rings. The van der Waals surface area contributed by atoms with Gasteiger partial charge in [0.15, 0.2) is 9.84 Å². The Morgan fingerprint density at radius 3 is 2.81 bits per heavy atom. The van der Waals surface area contributed by atoms with E-state index in [2.05, 4.69) is 5.32 Å². The zero-order chi connectivity index (χ0) is 22.2. The monoisotopic (exact) mass is 461 g/mol. The van der Waals surface area contributed by atoms with Crippen LogP contribution in [0.15, 0.2) is 47.4 Å². The molecule has 1 aliphatic rings. The van der Waals surface area contributed by atoms with Crippen molar-refractivity contribution in [3.05, 3.63) is 58.6 Å². The van der Waals surface area contributed by atoms with Gasteiger partial charge in [0.2, 0.25) is 0 Å². The lowest BCUT2D eigenvalue weighted by Crippen LogP contribution is -2.27. The molecule has 1 atom stereocenters. The molecule has 0 bridgehead atoms. The van der Waals surface area contributed by atoms with Crippen molar-refractivity contribution in [2.75, 3.05) is 35.7 Å². The van der Waals surface area contributed by atoms with E-state index < -0.39 is 15.9 Å². The Labute approximate surface area is 186 Å². The highest BCUT2D eigenvalue weighted by molar-refractivity contribution is 7.91. The number of nitrogens with one attached hydrogen (secondary N) is 1. The van der Waals surface area contributed by atoms with Crippen molar-refractivity contribution in [2.24, 2.45) is 0 Å². The molecule has 2 heterocycles. The highest BCUT2D eigenvalue weighted by Gasteiger charge is 2.27. The van der Waals surface area contributed by atoms with Gasteiger partial charge < -0.3 is 20.4 Å². The van der Waals surface area contributed by atoms with Crippen LogP contribution >= 0.6 is 11.6 Å². The molecule has 9 heteroatoms. The van der Waals surface area contributed by atoms with Crippen LogP contribution in [0, 0.1) is 6.92 Å². The van der Waals surface area contributed by atoms with Crippen LogP contribution in [0.25, 0.3) is 10.9 Å². The summed E-state index contributed by atoms with van der Waals surface area (Å²) in [6, 6.07) is 12.7. The molecule has 4 rings (SSSR count). The second-order valence-corrected chi connectivity index (χ2v) is 10.3. The number of anilines is 2. The Hall–Kier alpha value is -2.39. The number of pyridine rings is 1. The minimum Gasteiger partial charge on any atom is -0.394 e. The average molecular weight is 462 g/mol. The number of aryl methyl sites for hydroxylation is 1. The maximum atomic E-state index is 12.8. The molecule has 3 aromatic rings. The fraction of sp³-hybridized carbons (Fsp3) is 0.318. The van der Waals surface area contributed by atoms with Crippen LogP contribution in [0.2, 0.25) is 5.02 Å². The molecule has 7 nitrogen and oxygen atoms in total. The van der Waals surface area contributed by atoms with E-state index >= 15 is 0 Å². The fourth-order valence-electron chi connectivity index (χ4n) is 3.70. The van der Waals surface area contributed by atoms with E-state index in [4.69, 9.17) is 21.7 Å². The van der Waals surface area contributed by atoms with Gasteiger partial charge in [0.1, 0.15) is 5.82 Å². The van der Waals surface area contributed by atoms with Gasteiger partial charge in [-0.25, -0.2) is 13.4 Å². The summed E-state index contributed by atoms with van der Waals surface area (Å²) in [6.07, 6.45) is -0.892. The molecular weight excluding hydrogens is 438 g/mol. The molecule has 0 aliphatic carbocycles. The summed E-state index contributed by atoms with van der Waals surface area (Å²) in [5.74, 6) is 0.593. The van der Waals surface area contributed by atoms with Gasteiger partial charge in [-0.2, -0.15) is 0 Å². The number of halogens is 1. The number of aliphatic hydroxyl groups excluding tert-OH is 2. The van der Waals surface area contributed by atoms with Crippen LogP contribution in [-0.2, 0) is 16.4 Å². The number of aliphatic hydroxyl groups is 2. The molecule has 3 N–H and O–H groups in total. The second kappa shape index (κ2) is 8.63. The third kappa shape index (κ3) is 4.62. The third-order valence-corrected chi connectivity index (χ3v) is 7.37. The smallest absolute Gasteiger partial charge is 0.180 e. The number of nitrogens with zero attached hydrogens (tertiary/aromatic N) is 2. The standard InChI is InChI=1S/C22H24ClN3O4S/c1-14-2-5-19-18(8-14)20(24-11-17(28)13-27)10-22(25-19)26-6-7-31(29,30)21-9-16(23)4-3-15(21)12-26/h2-5,8-10,17,27-28H,6-7,11-13H2,1H3,(H,24,25). The first kappa shape index (κ1) is 21.8. The lowest BCUT2D eigenvalue weighted by atomic mass is 10.1. The van der Waals surface area contributed by atoms with Crippen molar-refractivity contribution >= 4 is 43.8 Å². The van der Waals surface area contributed by atoms with Crippen LogP contribution in [0.4, 0.5) is 11.5 Å². The van der Waals surface area contributed by atoms with Crippen molar-refractivity contribution in [1.29, 1.82) is 0 Å². The molecule has 0 saturated carbocycles. The second-order valence-electron chi connectivity index (χ2n) is 7.76. The van der Waals surface area contributed by atoms with Gasteiger partial charge in [-0.1, -0.05) is 29.3 Å². The third-order valence-electron chi connectivity index (χ3n) is 5.37. The Kier molecular flexibility index (Phi) is 6.07. The van der Waals surface area contributed by atoms with Crippen molar-refractivity contribution in [3.8, 4) is 0 Å². The first-order chi connectivity index (χ1) is 14.8. The number of hydrogen-bond donors (Lipinski definition) is 3. The van der Waals surface area contributed by atoms with E-state index in [0.717, 1.165) is 22.2 Å². The molecule has 2 aromatic carbocycles. The van der Waals surface area contributed by atoms with E-state index in [1.807, 2.05) is 36.1 Å². The largest absolute Gasteiger partial charge is 0.394 e. The number of hydrogen-bond acceptors (Lipinski definition) is 7. The van der Waals surface area contributed by atoms with Crippen LogP contribution in [0.1, 0.15) is 11.1 Å². The van der Waals surface area contributed by atoms with Gasteiger partial charge in [0, 0.05) is 41.8 Å². The zero-order valence-corrected chi connectivity index (χ0v) is 18.6. The van der Waals surface area contributed by atoms with Gasteiger partial charge in [-0.15, -0.1) is 0 Å². The molecule has 0 radical (unpaired) electrons. The lowest BCUT2D eigenvalue weighted by molar-refractivity contribution is 0.105. The predicted octanol–water partition coefficient (Wildman–Crippen LogP) is 2.76. The highest BCUT2D eigenvalue weighted by atomic mass is 35.5. The molecular formula is C22H24ClN3O4S. The summed E-state index contributed by atoms with van der Waals surface area (Å²) in [6.45, 7) is 2.50. The number of rotatable bonds is 5. The molecule has 1 aromatic heterocycles. The van der Waals surface area contributed by atoms with Gasteiger partial charge in [0.25, 0.3) is 0 Å². The average Bonchev–Trinajstić information content (AvgIpc) is 2.87. The quantitative estimate of drug-likeness (QED) is 0.536. The summed E-state index contributed by atoms with van der Waals surface area (Å²) in [7, 11) is -3.46. The highest BCUT2D eigenvalue weighted by Crippen LogP contribution is 2.32. The van der Waals surface area contributed by atoms with Crippen LogP contribution in [0.3, 0.4) is 0 Å². The first-order valence-electron chi connectivity index (χ1n) is 9.97. The van der Waals surface area contributed by atoms with Crippen molar-refractivity contribution < 1.29 is 18.6 Å². The van der Waals surface area contributed by atoms with Crippen molar-refractivity contribution in [1.82, 2.24) is 4.98 Å². The van der Waals surface area contributed by atoms with Crippen LogP contribution in [0.5, 0.6) is 0 Å². The van der Waals surface area contributed by atoms with E-state index in [1.54, 1.807) is 12.1 Å².